The van der Waals surface area contributed by atoms with Gasteiger partial charge in [-0.1, -0.05) is 23.7 Å². The summed E-state index contributed by atoms with van der Waals surface area (Å²) in [5.41, 5.74) is 3.89. The number of hydrogen-bond acceptors (Lipinski definition) is 6. The SMILES string of the molecule is Cc1cc(Cl)cc(-c2ccnc3cc(CCOC4=NS(=O)(=O)c5ccccc54)sc23)c1O[C@@H]1CCC[C@@H]1F. The van der Waals surface area contributed by atoms with E-state index in [0.29, 0.717) is 35.6 Å². The molecule has 0 spiro atoms. The van der Waals surface area contributed by atoms with Gasteiger partial charge >= 0.3 is 0 Å². The Balaban J connectivity index is 1.27. The van der Waals surface area contributed by atoms with Crippen LogP contribution in [0.4, 0.5) is 4.39 Å². The molecule has 3 heterocycles. The molecular weight excluding hydrogens is 547 g/mol. The average Bonchev–Trinajstić information content (AvgIpc) is 3.56. The third-order valence-corrected chi connectivity index (χ3v) is 9.57. The van der Waals surface area contributed by atoms with Crippen molar-refractivity contribution in [2.75, 3.05) is 6.61 Å². The van der Waals surface area contributed by atoms with Gasteiger partial charge in [-0.05, 0) is 68.1 Å². The lowest BCUT2D eigenvalue weighted by Crippen LogP contribution is -2.23. The number of halogens is 2. The van der Waals surface area contributed by atoms with Crippen molar-refractivity contribution >= 4 is 49.1 Å². The Morgan fingerprint density at radius 2 is 1.95 bits per heavy atom. The molecule has 2 aromatic carbocycles. The second-order valence-corrected chi connectivity index (χ2v) is 12.6. The van der Waals surface area contributed by atoms with Crippen LogP contribution in [-0.4, -0.2) is 38.2 Å². The Hall–Kier alpha value is -3.01. The van der Waals surface area contributed by atoms with Crippen LogP contribution in [0, 0.1) is 6.92 Å². The van der Waals surface area contributed by atoms with Gasteiger partial charge in [-0.3, -0.25) is 4.98 Å². The van der Waals surface area contributed by atoms with Crippen molar-refractivity contribution in [3.8, 4) is 16.9 Å². The number of pyridine rings is 1. The third-order valence-electron chi connectivity index (χ3n) is 6.82. The van der Waals surface area contributed by atoms with E-state index in [0.717, 1.165) is 38.2 Å². The fourth-order valence-electron chi connectivity index (χ4n) is 5.00. The van der Waals surface area contributed by atoms with Crippen LogP contribution in [0.5, 0.6) is 5.75 Å². The summed E-state index contributed by atoms with van der Waals surface area (Å²) >= 11 is 8.03. The molecule has 0 radical (unpaired) electrons. The lowest BCUT2D eigenvalue weighted by Gasteiger charge is -2.21. The average molecular weight is 571 g/mol. The second kappa shape index (κ2) is 9.94. The molecule has 6 rings (SSSR count). The van der Waals surface area contributed by atoms with Crippen LogP contribution in [0.2, 0.25) is 5.02 Å². The molecule has 1 saturated carbocycles. The molecule has 0 bridgehead atoms. The van der Waals surface area contributed by atoms with E-state index in [1.807, 2.05) is 31.2 Å². The molecule has 196 valence electrons. The zero-order valence-electron chi connectivity index (χ0n) is 20.5. The van der Waals surface area contributed by atoms with Gasteiger partial charge in [-0.15, -0.1) is 15.7 Å². The Labute approximate surface area is 229 Å². The molecule has 2 aliphatic rings. The van der Waals surface area contributed by atoms with E-state index < -0.39 is 22.3 Å². The number of ether oxygens (including phenoxy) is 2. The standard InChI is InChI=1S/C28H24ClFN2O4S2/c1-16-13-17(29)14-21(26(16)36-24-7-4-6-22(24)30)19-9-11-31-23-15-18(37-27(19)23)10-12-35-28-20-5-2-3-8-25(20)38(33,34)32-28/h2-3,5,8-9,11,13-15,22,24H,4,6-7,10,12H2,1H3/t22-,24+/m0/s1. The molecule has 2 atom stereocenters. The van der Waals surface area contributed by atoms with Crippen molar-refractivity contribution < 1.29 is 22.3 Å². The minimum absolute atomic E-state index is 0.120. The maximum absolute atomic E-state index is 14.4. The number of hydrogen-bond donors (Lipinski definition) is 0. The second-order valence-electron chi connectivity index (χ2n) is 9.45. The third kappa shape index (κ3) is 4.67. The first-order valence-electron chi connectivity index (χ1n) is 12.4. The lowest BCUT2D eigenvalue weighted by atomic mass is 10.0. The predicted octanol–water partition coefficient (Wildman–Crippen LogP) is 6.90. The van der Waals surface area contributed by atoms with E-state index in [1.165, 1.54) is 6.07 Å². The van der Waals surface area contributed by atoms with Crippen molar-refractivity contribution in [1.82, 2.24) is 4.98 Å². The largest absolute Gasteiger partial charge is 0.486 e. The van der Waals surface area contributed by atoms with Crippen LogP contribution in [-0.2, 0) is 21.2 Å². The zero-order chi connectivity index (χ0) is 26.4. The fraction of sp³-hybridized carbons (Fsp3) is 0.286. The van der Waals surface area contributed by atoms with Crippen LogP contribution < -0.4 is 4.74 Å². The number of nitrogens with zero attached hydrogens (tertiary/aromatic N) is 2. The van der Waals surface area contributed by atoms with E-state index in [9.17, 15) is 12.8 Å². The van der Waals surface area contributed by atoms with Crippen LogP contribution in [0.1, 0.15) is 35.3 Å². The zero-order valence-corrected chi connectivity index (χ0v) is 22.9. The predicted molar refractivity (Wildman–Crippen MR) is 148 cm³/mol. The highest BCUT2D eigenvalue weighted by molar-refractivity contribution is 7.90. The molecule has 1 aliphatic carbocycles. The Morgan fingerprint density at radius 1 is 1.11 bits per heavy atom. The highest BCUT2D eigenvalue weighted by Crippen LogP contribution is 2.43. The minimum Gasteiger partial charge on any atom is -0.486 e. The highest BCUT2D eigenvalue weighted by atomic mass is 35.5. The number of rotatable bonds is 6. The van der Waals surface area contributed by atoms with Gasteiger partial charge in [0.15, 0.2) is 0 Å². The summed E-state index contributed by atoms with van der Waals surface area (Å²) in [6, 6.07) is 14.3. The van der Waals surface area contributed by atoms with Crippen molar-refractivity contribution in [3.63, 3.8) is 0 Å². The maximum Gasteiger partial charge on any atom is 0.286 e. The van der Waals surface area contributed by atoms with Crippen molar-refractivity contribution in [3.05, 3.63) is 75.8 Å². The van der Waals surface area contributed by atoms with Crippen LogP contribution >= 0.6 is 22.9 Å². The lowest BCUT2D eigenvalue weighted by molar-refractivity contribution is 0.125. The topological polar surface area (TPSA) is 77.9 Å². The maximum atomic E-state index is 14.4. The van der Waals surface area contributed by atoms with Gasteiger partial charge in [0.25, 0.3) is 10.0 Å². The van der Waals surface area contributed by atoms with Gasteiger partial charge in [0.2, 0.25) is 5.90 Å². The number of sulfonamides is 1. The minimum atomic E-state index is -3.72. The van der Waals surface area contributed by atoms with Gasteiger partial charge in [0.1, 0.15) is 22.9 Å². The molecule has 0 amide bonds. The highest BCUT2D eigenvalue weighted by Gasteiger charge is 2.31. The molecule has 6 nitrogen and oxygen atoms in total. The number of fused-ring (bicyclic) bond motifs is 2. The molecule has 0 unspecified atom stereocenters. The summed E-state index contributed by atoms with van der Waals surface area (Å²) in [6.45, 7) is 2.18. The summed E-state index contributed by atoms with van der Waals surface area (Å²) in [4.78, 5) is 5.73. The van der Waals surface area contributed by atoms with Gasteiger partial charge < -0.3 is 9.47 Å². The number of thiophene rings is 1. The van der Waals surface area contributed by atoms with Crippen molar-refractivity contribution in [2.45, 2.75) is 49.8 Å². The van der Waals surface area contributed by atoms with Gasteiger partial charge in [0.05, 0.1) is 22.4 Å². The summed E-state index contributed by atoms with van der Waals surface area (Å²) < 4.78 is 55.8. The molecule has 1 fully saturated rings. The Bertz CT molecular complexity index is 1690. The molecule has 10 heteroatoms. The molecule has 1 aliphatic heterocycles. The first-order chi connectivity index (χ1) is 18.3. The fourth-order valence-corrected chi connectivity index (χ4v) is 7.55. The smallest absolute Gasteiger partial charge is 0.286 e. The molecule has 38 heavy (non-hydrogen) atoms. The monoisotopic (exact) mass is 570 g/mol. The Morgan fingerprint density at radius 3 is 2.76 bits per heavy atom. The first-order valence-corrected chi connectivity index (χ1v) is 15.0. The van der Waals surface area contributed by atoms with Crippen LogP contribution in [0.25, 0.3) is 21.3 Å². The summed E-state index contributed by atoms with van der Waals surface area (Å²) in [6.07, 6.45) is 2.87. The van der Waals surface area contributed by atoms with Crippen molar-refractivity contribution in [1.29, 1.82) is 0 Å². The number of alkyl halides is 1. The number of aromatic nitrogens is 1. The Kier molecular flexibility index (Phi) is 6.62. The summed E-state index contributed by atoms with van der Waals surface area (Å²) in [7, 11) is -3.72. The first kappa shape index (κ1) is 25.3. The molecule has 2 aromatic heterocycles. The summed E-state index contributed by atoms with van der Waals surface area (Å²) in [5.74, 6) is 0.767. The van der Waals surface area contributed by atoms with E-state index in [-0.39, 0.29) is 17.4 Å². The van der Waals surface area contributed by atoms with Gasteiger partial charge in [-0.2, -0.15) is 8.42 Å². The van der Waals surface area contributed by atoms with E-state index >= 15 is 0 Å². The van der Waals surface area contributed by atoms with E-state index in [4.69, 9.17) is 21.1 Å². The molecule has 0 N–H and O–H groups in total. The van der Waals surface area contributed by atoms with Gasteiger partial charge in [-0.25, -0.2) is 4.39 Å². The van der Waals surface area contributed by atoms with Crippen LogP contribution in [0.15, 0.2) is 64.0 Å². The van der Waals surface area contributed by atoms with E-state index in [2.05, 4.69) is 9.38 Å². The van der Waals surface area contributed by atoms with Gasteiger partial charge in [0, 0.05) is 33.6 Å². The van der Waals surface area contributed by atoms with Crippen molar-refractivity contribution in [2.24, 2.45) is 4.40 Å². The quantitative estimate of drug-likeness (QED) is 0.252. The number of benzene rings is 2. The van der Waals surface area contributed by atoms with E-state index in [1.54, 1.807) is 35.7 Å². The number of aryl methyl sites for hydroxylation is 1. The molecular formula is C28H24ClFN2O4S2. The molecule has 4 aromatic rings. The van der Waals surface area contributed by atoms with Crippen LogP contribution in [0.3, 0.4) is 0 Å². The normalized spacial score (nSPS) is 19.9. The summed E-state index contributed by atoms with van der Waals surface area (Å²) in [5, 5.41) is 0.579. The molecule has 0 saturated heterocycles.